The van der Waals surface area contributed by atoms with Gasteiger partial charge >= 0.3 is 0 Å². The molecule has 0 fully saturated rings. The summed E-state index contributed by atoms with van der Waals surface area (Å²) in [5, 5.41) is 9.59. The SMILES string of the molecule is C=C(C)CN1C=CC(=C)C(O)=C1C. The molecule has 0 aliphatic carbocycles. The summed E-state index contributed by atoms with van der Waals surface area (Å²) in [7, 11) is 0. The fourth-order valence-electron chi connectivity index (χ4n) is 1.20. The van der Waals surface area contributed by atoms with E-state index in [4.69, 9.17) is 0 Å². The van der Waals surface area contributed by atoms with Crippen molar-refractivity contribution in [2.45, 2.75) is 13.8 Å². The van der Waals surface area contributed by atoms with Crippen LogP contribution in [-0.4, -0.2) is 16.6 Å². The number of aliphatic hydroxyl groups excluding tert-OH is 1. The minimum Gasteiger partial charge on any atom is -0.506 e. The Balaban J connectivity index is 2.85. The van der Waals surface area contributed by atoms with Crippen LogP contribution in [0.3, 0.4) is 0 Å². The molecule has 1 heterocycles. The largest absolute Gasteiger partial charge is 0.506 e. The normalized spacial score (nSPS) is 16.8. The fourth-order valence-corrected chi connectivity index (χ4v) is 1.20. The van der Waals surface area contributed by atoms with Gasteiger partial charge < -0.3 is 10.0 Å². The molecule has 0 aromatic carbocycles. The molecular formula is C11H15NO. The van der Waals surface area contributed by atoms with Crippen LogP contribution < -0.4 is 0 Å². The van der Waals surface area contributed by atoms with Gasteiger partial charge in [-0.2, -0.15) is 0 Å². The van der Waals surface area contributed by atoms with E-state index in [1.165, 1.54) is 0 Å². The lowest BCUT2D eigenvalue weighted by molar-refractivity contribution is 0.375. The van der Waals surface area contributed by atoms with Crippen molar-refractivity contribution < 1.29 is 5.11 Å². The predicted octanol–water partition coefficient (Wildman–Crippen LogP) is 2.74. The number of nitrogens with zero attached hydrogens (tertiary/aromatic N) is 1. The van der Waals surface area contributed by atoms with Gasteiger partial charge in [0.1, 0.15) is 5.76 Å². The highest BCUT2D eigenvalue weighted by Gasteiger charge is 2.13. The van der Waals surface area contributed by atoms with E-state index in [0.29, 0.717) is 5.57 Å². The molecule has 70 valence electrons. The molecule has 1 rings (SSSR count). The summed E-state index contributed by atoms with van der Waals surface area (Å²) in [5.74, 6) is 0.267. The van der Waals surface area contributed by atoms with Crippen molar-refractivity contribution in [2.75, 3.05) is 6.54 Å². The van der Waals surface area contributed by atoms with Crippen LogP contribution in [-0.2, 0) is 0 Å². The zero-order valence-electron chi connectivity index (χ0n) is 8.17. The van der Waals surface area contributed by atoms with Crippen LogP contribution in [0, 0.1) is 0 Å². The molecule has 0 saturated carbocycles. The topological polar surface area (TPSA) is 23.5 Å². The first-order valence-electron chi connectivity index (χ1n) is 4.20. The van der Waals surface area contributed by atoms with Crippen LogP contribution in [0.4, 0.5) is 0 Å². The second kappa shape index (κ2) is 3.52. The van der Waals surface area contributed by atoms with Gasteiger partial charge in [-0.1, -0.05) is 18.7 Å². The summed E-state index contributed by atoms with van der Waals surface area (Å²) in [6, 6.07) is 0. The second-order valence-corrected chi connectivity index (χ2v) is 3.36. The second-order valence-electron chi connectivity index (χ2n) is 3.36. The van der Waals surface area contributed by atoms with E-state index in [1.54, 1.807) is 6.08 Å². The van der Waals surface area contributed by atoms with E-state index in [-0.39, 0.29) is 5.76 Å². The lowest BCUT2D eigenvalue weighted by atomic mass is 10.1. The summed E-state index contributed by atoms with van der Waals surface area (Å²) in [6.07, 6.45) is 3.71. The maximum Gasteiger partial charge on any atom is 0.141 e. The van der Waals surface area contributed by atoms with Crippen LogP contribution in [0.5, 0.6) is 0 Å². The van der Waals surface area contributed by atoms with Crippen molar-refractivity contribution in [2.24, 2.45) is 0 Å². The van der Waals surface area contributed by atoms with Gasteiger partial charge in [-0.3, -0.25) is 0 Å². The molecule has 1 N–H and O–H groups in total. The van der Waals surface area contributed by atoms with Crippen LogP contribution in [0.2, 0.25) is 0 Å². The van der Waals surface area contributed by atoms with Gasteiger partial charge in [0, 0.05) is 18.3 Å². The molecule has 0 unspecified atom stereocenters. The van der Waals surface area contributed by atoms with Crippen molar-refractivity contribution in [3.8, 4) is 0 Å². The minimum absolute atomic E-state index is 0.267. The van der Waals surface area contributed by atoms with Gasteiger partial charge in [0.15, 0.2) is 0 Å². The Morgan fingerprint density at radius 3 is 2.77 bits per heavy atom. The Kier molecular flexibility index (Phi) is 2.61. The smallest absolute Gasteiger partial charge is 0.141 e. The standard InChI is InChI=1S/C11H15NO/c1-8(2)7-12-6-5-9(3)11(13)10(12)4/h5-6,13H,1,3,7H2,2,4H3. The third-order valence-corrected chi connectivity index (χ3v) is 1.97. The van der Waals surface area contributed by atoms with Gasteiger partial charge in [-0.15, -0.1) is 0 Å². The third kappa shape index (κ3) is 2.02. The van der Waals surface area contributed by atoms with Crippen LogP contribution in [0.1, 0.15) is 13.8 Å². The summed E-state index contributed by atoms with van der Waals surface area (Å²) < 4.78 is 0. The Morgan fingerprint density at radius 2 is 2.23 bits per heavy atom. The van der Waals surface area contributed by atoms with Gasteiger partial charge in [-0.25, -0.2) is 0 Å². The number of allylic oxidation sites excluding steroid dienone is 2. The van der Waals surface area contributed by atoms with Crippen molar-refractivity contribution in [1.29, 1.82) is 0 Å². The quantitative estimate of drug-likeness (QED) is 0.655. The molecule has 0 radical (unpaired) electrons. The van der Waals surface area contributed by atoms with Gasteiger partial charge in [0.2, 0.25) is 0 Å². The molecule has 0 saturated heterocycles. The zero-order chi connectivity index (χ0) is 10.0. The maximum absolute atomic E-state index is 9.59. The first-order valence-corrected chi connectivity index (χ1v) is 4.20. The highest BCUT2D eigenvalue weighted by Crippen LogP contribution is 2.21. The summed E-state index contributed by atoms with van der Waals surface area (Å²) in [4.78, 5) is 1.95. The third-order valence-electron chi connectivity index (χ3n) is 1.97. The Hall–Kier alpha value is -1.44. The molecule has 13 heavy (non-hydrogen) atoms. The lowest BCUT2D eigenvalue weighted by Gasteiger charge is -2.25. The number of hydrogen-bond donors (Lipinski definition) is 1. The van der Waals surface area contributed by atoms with Gasteiger partial charge in [0.25, 0.3) is 0 Å². The predicted molar refractivity (Wildman–Crippen MR) is 55.1 cm³/mol. The molecule has 1 aliphatic heterocycles. The Morgan fingerprint density at radius 1 is 1.62 bits per heavy atom. The summed E-state index contributed by atoms with van der Waals surface area (Å²) in [6.45, 7) is 12.1. The van der Waals surface area contributed by atoms with Crippen LogP contribution in [0.25, 0.3) is 0 Å². The van der Waals surface area contributed by atoms with E-state index in [2.05, 4.69) is 13.2 Å². The van der Waals surface area contributed by atoms with Gasteiger partial charge in [0.05, 0.1) is 5.70 Å². The molecule has 2 heteroatoms. The molecule has 0 atom stereocenters. The molecule has 2 nitrogen and oxygen atoms in total. The highest BCUT2D eigenvalue weighted by atomic mass is 16.3. The van der Waals surface area contributed by atoms with Crippen molar-refractivity contribution in [3.05, 3.63) is 48.0 Å². The van der Waals surface area contributed by atoms with E-state index in [1.807, 2.05) is 24.9 Å². The molecule has 0 spiro atoms. The first kappa shape index (κ1) is 9.65. The van der Waals surface area contributed by atoms with Crippen molar-refractivity contribution >= 4 is 0 Å². The fraction of sp³-hybridized carbons (Fsp3) is 0.273. The minimum atomic E-state index is 0.267. The van der Waals surface area contributed by atoms with Crippen LogP contribution in [0.15, 0.2) is 48.0 Å². The monoisotopic (exact) mass is 177 g/mol. The van der Waals surface area contributed by atoms with E-state index in [0.717, 1.165) is 17.8 Å². The van der Waals surface area contributed by atoms with Crippen LogP contribution >= 0.6 is 0 Å². The molecular weight excluding hydrogens is 162 g/mol. The number of aliphatic hydroxyl groups is 1. The Bertz CT molecular complexity index is 310. The molecule has 0 aromatic rings. The Labute approximate surface area is 79.2 Å². The molecule has 0 aromatic heterocycles. The first-order chi connectivity index (χ1) is 6.02. The van der Waals surface area contributed by atoms with Crippen molar-refractivity contribution in [3.63, 3.8) is 0 Å². The summed E-state index contributed by atoms with van der Waals surface area (Å²) >= 11 is 0. The molecule has 0 amide bonds. The number of rotatable bonds is 2. The maximum atomic E-state index is 9.59. The lowest BCUT2D eigenvalue weighted by Crippen LogP contribution is -2.21. The number of hydrogen-bond acceptors (Lipinski definition) is 2. The van der Waals surface area contributed by atoms with Gasteiger partial charge in [-0.05, 0) is 19.9 Å². The zero-order valence-corrected chi connectivity index (χ0v) is 8.17. The van der Waals surface area contributed by atoms with E-state index >= 15 is 0 Å². The molecule has 0 bridgehead atoms. The highest BCUT2D eigenvalue weighted by molar-refractivity contribution is 5.39. The molecule has 1 aliphatic rings. The average molecular weight is 177 g/mol. The average Bonchev–Trinajstić information content (AvgIpc) is 2.06. The van der Waals surface area contributed by atoms with Crippen molar-refractivity contribution in [1.82, 2.24) is 4.90 Å². The van der Waals surface area contributed by atoms with E-state index < -0.39 is 0 Å². The summed E-state index contributed by atoms with van der Waals surface area (Å²) in [5.41, 5.74) is 2.55. The van der Waals surface area contributed by atoms with E-state index in [9.17, 15) is 5.11 Å².